The Bertz CT molecular complexity index is 807. The van der Waals surface area contributed by atoms with Crippen LogP contribution in [0.3, 0.4) is 0 Å². The molecule has 0 unspecified atom stereocenters. The first-order valence-electron chi connectivity index (χ1n) is 6.02. The van der Waals surface area contributed by atoms with E-state index in [1.165, 1.54) is 24.3 Å². The minimum atomic E-state index is -0.406. The van der Waals surface area contributed by atoms with E-state index in [9.17, 15) is 9.18 Å². The van der Waals surface area contributed by atoms with Crippen LogP contribution in [0.5, 0.6) is 0 Å². The Labute approximate surface area is 114 Å². The van der Waals surface area contributed by atoms with Gasteiger partial charge in [0.2, 0.25) is 17.3 Å². The number of nitrogens with two attached hydrogens (primary N) is 1. The van der Waals surface area contributed by atoms with Gasteiger partial charge in [-0.25, -0.2) is 9.37 Å². The van der Waals surface area contributed by atoms with E-state index in [0.29, 0.717) is 16.7 Å². The van der Waals surface area contributed by atoms with Gasteiger partial charge in [0.15, 0.2) is 0 Å². The molecule has 0 bridgehead atoms. The zero-order valence-electron chi connectivity index (χ0n) is 10.7. The van der Waals surface area contributed by atoms with E-state index < -0.39 is 11.6 Å². The van der Waals surface area contributed by atoms with Crippen LogP contribution < -0.4 is 5.73 Å². The van der Waals surface area contributed by atoms with Gasteiger partial charge >= 0.3 is 0 Å². The van der Waals surface area contributed by atoms with Crippen LogP contribution in [0.15, 0.2) is 40.8 Å². The highest BCUT2D eigenvalue weighted by Gasteiger charge is 2.20. The average Bonchev–Trinajstić information content (AvgIpc) is 2.75. The topological polar surface area (TPSA) is 69.1 Å². The molecule has 0 saturated carbocycles. The van der Waals surface area contributed by atoms with E-state index in [1.807, 2.05) is 6.92 Å². The van der Waals surface area contributed by atoms with Crippen molar-refractivity contribution < 1.29 is 13.6 Å². The van der Waals surface area contributed by atoms with Crippen molar-refractivity contribution in [1.29, 1.82) is 0 Å². The lowest BCUT2D eigenvalue weighted by Crippen LogP contribution is -2.02. The summed E-state index contributed by atoms with van der Waals surface area (Å²) in [4.78, 5) is 16.5. The number of rotatable bonds is 2. The van der Waals surface area contributed by atoms with Crippen molar-refractivity contribution in [2.45, 2.75) is 6.92 Å². The lowest BCUT2D eigenvalue weighted by Gasteiger charge is -1.98. The van der Waals surface area contributed by atoms with Gasteiger partial charge in [-0.2, -0.15) is 0 Å². The predicted octanol–water partition coefficient (Wildman–Crippen LogP) is 3.09. The van der Waals surface area contributed by atoms with E-state index in [4.69, 9.17) is 10.2 Å². The number of anilines is 1. The molecule has 0 aliphatic rings. The normalized spacial score (nSPS) is 10.9. The van der Waals surface area contributed by atoms with Gasteiger partial charge in [0.1, 0.15) is 5.82 Å². The molecule has 3 rings (SSSR count). The summed E-state index contributed by atoms with van der Waals surface area (Å²) in [5.41, 5.74) is 7.59. The number of nitrogens with zero attached hydrogens (tertiary/aromatic N) is 1. The Balaban J connectivity index is 2.12. The summed E-state index contributed by atoms with van der Waals surface area (Å²) < 4.78 is 18.3. The van der Waals surface area contributed by atoms with Crippen LogP contribution in [0.25, 0.3) is 11.1 Å². The quantitative estimate of drug-likeness (QED) is 0.726. The van der Waals surface area contributed by atoms with Gasteiger partial charge in [0.25, 0.3) is 0 Å². The summed E-state index contributed by atoms with van der Waals surface area (Å²) in [6.07, 6.45) is 0. The van der Waals surface area contributed by atoms with Crippen LogP contribution in [0.4, 0.5) is 10.1 Å². The molecule has 0 fully saturated rings. The van der Waals surface area contributed by atoms with Crippen molar-refractivity contribution in [2.75, 3.05) is 5.73 Å². The van der Waals surface area contributed by atoms with Crippen molar-refractivity contribution in [3.8, 4) is 0 Å². The van der Waals surface area contributed by atoms with E-state index in [0.717, 1.165) is 5.69 Å². The summed E-state index contributed by atoms with van der Waals surface area (Å²) in [5.74, 6) is -0.765. The molecule has 2 heterocycles. The second kappa shape index (κ2) is 4.45. The Morgan fingerprint density at radius 2 is 1.90 bits per heavy atom. The Morgan fingerprint density at radius 3 is 2.60 bits per heavy atom. The number of benzene rings is 1. The molecular formula is C15H11FN2O2. The van der Waals surface area contributed by atoms with E-state index in [-0.39, 0.29) is 11.4 Å². The number of ketones is 1. The number of hydrogen-bond donors (Lipinski definition) is 1. The number of nitrogen functional groups attached to an aromatic ring is 1. The molecule has 20 heavy (non-hydrogen) atoms. The second-order valence-electron chi connectivity index (χ2n) is 4.49. The zero-order chi connectivity index (χ0) is 14.3. The van der Waals surface area contributed by atoms with Crippen LogP contribution in [0, 0.1) is 12.7 Å². The molecule has 5 heteroatoms. The molecule has 0 amide bonds. The number of hydrogen-bond acceptors (Lipinski definition) is 4. The van der Waals surface area contributed by atoms with Crippen LogP contribution >= 0.6 is 0 Å². The molecule has 100 valence electrons. The molecule has 4 nitrogen and oxygen atoms in total. The fourth-order valence-electron chi connectivity index (χ4n) is 1.99. The summed E-state index contributed by atoms with van der Waals surface area (Å²) in [7, 11) is 0. The summed E-state index contributed by atoms with van der Waals surface area (Å²) in [5, 5.41) is 0.598. The second-order valence-corrected chi connectivity index (χ2v) is 4.49. The van der Waals surface area contributed by atoms with Crippen molar-refractivity contribution in [3.63, 3.8) is 0 Å². The summed E-state index contributed by atoms with van der Waals surface area (Å²) in [6.45, 7) is 1.82. The maximum atomic E-state index is 12.9. The predicted molar refractivity (Wildman–Crippen MR) is 73.0 cm³/mol. The first kappa shape index (κ1) is 12.3. The first-order valence-corrected chi connectivity index (χ1v) is 6.02. The lowest BCUT2D eigenvalue weighted by atomic mass is 10.1. The highest BCUT2D eigenvalue weighted by molar-refractivity contribution is 6.13. The highest BCUT2D eigenvalue weighted by Crippen LogP contribution is 2.29. The molecule has 0 spiro atoms. The molecular weight excluding hydrogens is 259 g/mol. The smallest absolute Gasteiger partial charge is 0.230 e. The number of pyridine rings is 1. The lowest BCUT2D eigenvalue weighted by molar-refractivity contribution is 0.101. The Kier molecular flexibility index (Phi) is 2.75. The number of halogens is 1. The molecule has 2 aromatic heterocycles. The van der Waals surface area contributed by atoms with Crippen LogP contribution in [-0.4, -0.2) is 10.8 Å². The van der Waals surface area contributed by atoms with Gasteiger partial charge in [-0.15, -0.1) is 0 Å². The van der Waals surface area contributed by atoms with E-state index in [1.54, 1.807) is 12.1 Å². The van der Waals surface area contributed by atoms with E-state index in [2.05, 4.69) is 4.98 Å². The maximum absolute atomic E-state index is 12.9. The molecule has 0 radical (unpaired) electrons. The average molecular weight is 270 g/mol. The zero-order valence-corrected chi connectivity index (χ0v) is 10.7. The molecule has 2 N–H and O–H groups in total. The maximum Gasteiger partial charge on any atom is 0.230 e. The number of carbonyl (C=O) groups excluding carboxylic acids is 1. The van der Waals surface area contributed by atoms with Crippen LogP contribution in [0.1, 0.15) is 21.8 Å². The van der Waals surface area contributed by atoms with Crippen molar-refractivity contribution in [2.24, 2.45) is 0 Å². The van der Waals surface area contributed by atoms with Crippen molar-refractivity contribution >= 4 is 22.6 Å². The van der Waals surface area contributed by atoms with Gasteiger partial charge in [-0.1, -0.05) is 0 Å². The standard InChI is InChI=1S/C15H11FN2O2/c1-8-2-7-11-12(17)14(20-15(11)18-8)13(19)9-3-5-10(16)6-4-9/h2-7H,17H2,1H3. The van der Waals surface area contributed by atoms with Gasteiger partial charge in [-0.05, 0) is 43.3 Å². The number of aromatic nitrogens is 1. The third-order valence-electron chi connectivity index (χ3n) is 3.05. The minimum absolute atomic E-state index is 0.0321. The van der Waals surface area contributed by atoms with Gasteiger partial charge < -0.3 is 10.2 Å². The first-order chi connectivity index (χ1) is 9.56. The summed E-state index contributed by atoms with van der Waals surface area (Å²) in [6, 6.07) is 8.77. The van der Waals surface area contributed by atoms with Crippen molar-refractivity contribution in [3.05, 3.63) is 59.2 Å². The van der Waals surface area contributed by atoms with Gasteiger partial charge in [-0.3, -0.25) is 4.79 Å². The SMILES string of the molecule is Cc1ccc2c(N)c(C(=O)c3ccc(F)cc3)oc2n1. The molecule has 0 saturated heterocycles. The number of fused-ring (bicyclic) bond motifs is 1. The minimum Gasteiger partial charge on any atom is -0.432 e. The van der Waals surface area contributed by atoms with Crippen molar-refractivity contribution in [1.82, 2.24) is 4.98 Å². The Hall–Kier alpha value is -2.69. The van der Waals surface area contributed by atoms with Crippen LogP contribution in [-0.2, 0) is 0 Å². The molecule has 0 aliphatic carbocycles. The molecule has 1 aromatic carbocycles. The van der Waals surface area contributed by atoms with Gasteiger partial charge in [0, 0.05) is 11.3 Å². The van der Waals surface area contributed by atoms with Crippen LogP contribution in [0.2, 0.25) is 0 Å². The van der Waals surface area contributed by atoms with Gasteiger partial charge in [0.05, 0.1) is 11.1 Å². The molecule has 0 aliphatic heterocycles. The number of aryl methyl sites for hydroxylation is 1. The monoisotopic (exact) mass is 270 g/mol. The number of carbonyl (C=O) groups is 1. The largest absolute Gasteiger partial charge is 0.432 e. The molecule has 3 aromatic rings. The highest BCUT2D eigenvalue weighted by atomic mass is 19.1. The fourth-order valence-corrected chi connectivity index (χ4v) is 1.99. The van der Waals surface area contributed by atoms with E-state index >= 15 is 0 Å². The fraction of sp³-hybridized carbons (Fsp3) is 0.0667. The molecule has 0 atom stereocenters. The Morgan fingerprint density at radius 1 is 1.20 bits per heavy atom. The third kappa shape index (κ3) is 1.93. The third-order valence-corrected chi connectivity index (χ3v) is 3.05. The number of furan rings is 1. The summed E-state index contributed by atoms with van der Waals surface area (Å²) >= 11 is 0.